The number of ether oxygens (including phenoxy) is 2. The molecule has 2 fully saturated rings. The average Bonchev–Trinajstić information content (AvgIpc) is 2.93. The summed E-state index contributed by atoms with van der Waals surface area (Å²) in [5, 5.41) is 2.95. The zero-order chi connectivity index (χ0) is 14.9. The maximum Gasteiger partial charge on any atom is 0.321 e. The molecular formula is C16H22N2O3. The number of likely N-dealkylation sites (tertiary alicyclic amines) is 1. The number of rotatable bonds is 3. The molecular weight excluding hydrogens is 268 g/mol. The molecule has 114 valence electrons. The Balaban J connectivity index is 1.65. The van der Waals surface area contributed by atoms with Crippen LogP contribution in [0.2, 0.25) is 0 Å². The molecule has 5 heteroatoms. The van der Waals surface area contributed by atoms with E-state index in [0.717, 1.165) is 25.2 Å². The first-order valence-electron chi connectivity index (χ1n) is 7.44. The van der Waals surface area contributed by atoms with Crippen molar-refractivity contribution in [1.82, 2.24) is 4.90 Å². The Morgan fingerprint density at radius 2 is 1.95 bits per heavy atom. The van der Waals surface area contributed by atoms with E-state index in [1.165, 1.54) is 19.3 Å². The number of nitrogens with one attached hydrogen (secondary N) is 1. The zero-order valence-electron chi connectivity index (χ0n) is 12.6. The number of carbonyl (C=O) groups is 1. The minimum atomic E-state index is -0.0222. The average molecular weight is 290 g/mol. The van der Waals surface area contributed by atoms with Gasteiger partial charge in [0.1, 0.15) is 0 Å². The minimum Gasteiger partial charge on any atom is -0.493 e. The number of hydrogen-bond acceptors (Lipinski definition) is 3. The molecule has 0 bridgehead atoms. The lowest BCUT2D eigenvalue weighted by molar-refractivity contribution is 0.144. The summed E-state index contributed by atoms with van der Waals surface area (Å²) >= 11 is 0. The quantitative estimate of drug-likeness (QED) is 0.930. The van der Waals surface area contributed by atoms with Crippen LogP contribution in [-0.4, -0.2) is 38.2 Å². The summed E-state index contributed by atoms with van der Waals surface area (Å²) in [7, 11) is 3.18. The van der Waals surface area contributed by atoms with Gasteiger partial charge in [-0.15, -0.1) is 0 Å². The molecule has 1 aliphatic carbocycles. The number of hydrogen-bond donors (Lipinski definition) is 1. The van der Waals surface area contributed by atoms with Gasteiger partial charge in [0.2, 0.25) is 0 Å². The van der Waals surface area contributed by atoms with Crippen LogP contribution in [0.15, 0.2) is 18.2 Å². The number of amides is 2. The van der Waals surface area contributed by atoms with E-state index in [9.17, 15) is 4.79 Å². The van der Waals surface area contributed by atoms with Crippen molar-refractivity contribution in [2.45, 2.75) is 25.7 Å². The Morgan fingerprint density at radius 1 is 1.19 bits per heavy atom. The molecule has 1 spiro atoms. The van der Waals surface area contributed by atoms with E-state index in [1.54, 1.807) is 26.4 Å². The van der Waals surface area contributed by atoms with Gasteiger partial charge in [-0.1, -0.05) is 6.42 Å². The van der Waals surface area contributed by atoms with Crippen LogP contribution in [-0.2, 0) is 0 Å². The van der Waals surface area contributed by atoms with Crippen LogP contribution in [0.5, 0.6) is 11.5 Å². The third-order valence-electron chi connectivity index (χ3n) is 4.77. The van der Waals surface area contributed by atoms with Crippen molar-refractivity contribution < 1.29 is 14.3 Å². The Morgan fingerprint density at radius 3 is 2.52 bits per heavy atom. The van der Waals surface area contributed by atoms with Crippen LogP contribution in [0.3, 0.4) is 0 Å². The fourth-order valence-corrected chi connectivity index (χ4v) is 3.31. The van der Waals surface area contributed by atoms with Gasteiger partial charge in [-0.05, 0) is 36.8 Å². The van der Waals surface area contributed by atoms with Gasteiger partial charge in [0.15, 0.2) is 11.5 Å². The summed E-state index contributed by atoms with van der Waals surface area (Å²) in [5.41, 5.74) is 1.15. The molecule has 1 aromatic carbocycles. The van der Waals surface area contributed by atoms with Gasteiger partial charge >= 0.3 is 6.03 Å². The van der Waals surface area contributed by atoms with E-state index in [-0.39, 0.29) is 6.03 Å². The number of benzene rings is 1. The first-order chi connectivity index (χ1) is 10.2. The summed E-state index contributed by atoms with van der Waals surface area (Å²) in [6.07, 6.45) is 5.00. The monoisotopic (exact) mass is 290 g/mol. The third kappa shape index (κ3) is 2.64. The van der Waals surface area contributed by atoms with Crippen LogP contribution < -0.4 is 14.8 Å². The van der Waals surface area contributed by atoms with E-state index in [4.69, 9.17) is 9.47 Å². The van der Waals surface area contributed by atoms with Crippen molar-refractivity contribution in [3.63, 3.8) is 0 Å². The number of carbonyl (C=O) groups excluding carboxylic acids is 1. The van der Waals surface area contributed by atoms with Gasteiger partial charge in [-0.2, -0.15) is 0 Å². The second-order valence-corrected chi connectivity index (χ2v) is 6.03. The predicted molar refractivity (Wildman–Crippen MR) is 81.0 cm³/mol. The molecule has 5 nitrogen and oxygen atoms in total. The second kappa shape index (κ2) is 5.47. The molecule has 2 aliphatic rings. The molecule has 0 aromatic heterocycles. The Bertz CT molecular complexity index is 540. The van der Waals surface area contributed by atoms with Gasteiger partial charge in [0, 0.05) is 24.8 Å². The fourth-order valence-electron chi connectivity index (χ4n) is 3.31. The number of anilines is 1. The molecule has 1 saturated carbocycles. The molecule has 3 rings (SSSR count). The lowest BCUT2D eigenvalue weighted by Gasteiger charge is -2.37. The van der Waals surface area contributed by atoms with Gasteiger partial charge < -0.3 is 19.7 Å². The topological polar surface area (TPSA) is 50.8 Å². The van der Waals surface area contributed by atoms with E-state index in [2.05, 4.69) is 5.32 Å². The lowest BCUT2D eigenvalue weighted by atomic mass is 9.68. The van der Waals surface area contributed by atoms with Crippen molar-refractivity contribution in [2.24, 2.45) is 5.41 Å². The first kappa shape index (κ1) is 14.0. The molecule has 1 heterocycles. The normalized spacial score (nSPS) is 19.2. The van der Waals surface area contributed by atoms with Crippen molar-refractivity contribution in [3.05, 3.63) is 18.2 Å². The Hall–Kier alpha value is -1.91. The first-order valence-corrected chi connectivity index (χ1v) is 7.44. The summed E-state index contributed by atoms with van der Waals surface area (Å²) in [4.78, 5) is 14.3. The minimum absolute atomic E-state index is 0.0222. The van der Waals surface area contributed by atoms with E-state index >= 15 is 0 Å². The summed E-state index contributed by atoms with van der Waals surface area (Å²) < 4.78 is 10.5. The smallest absolute Gasteiger partial charge is 0.321 e. The highest BCUT2D eigenvalue weighted by molar-refractivity contribution is 5.90. The van der Waals surface area contributed by atoms with Crippen LogP contribution in [0.25, 0.3) is 0 Å². The summed E-state index contributed by atoms with van der Waals surface area (Å²) in [6.45, 7) is 1.76. The SMILES string of the molecule is COc1ccc(NC(=O)N2CCC3(CCC3)C2)cc1OC. The molecule has 0 radical (unpaired) electrons. The van der Waals surface area contributed by atoms with Crippen LogP contribution in [0, 0.1) is 5.41 Å². The summed E-state index contributed by atoms with van der Waals surface area (Å²) in [5.74, 6) is 1.28. The van der Waals surface area contributed by atoms with Crippen molar-refractivity contribution >= 4 is 11.7 Å². The van der Waals surface area contributed by atoms with Gasteiger partial charge in [0.25, 0.3) is 0 Å². The number of methoxy groups -OCH3 is 2. The second-order valence-electron chi connectivity index (χ2n) is 6.03. The lowest BCUT2D eigenvalue weighted by Crippen LogP contribution is -2.37. The molecule has 0 unspecified atom stereocenters. The van der Waals surface area contributed by atoms with E-state index in [1.807, 2.05) is 11.0 Å². The van der Waals surface area contributed by atoms with Crippen molar-refractivity contribution in [1.29, 1.82) is 0 Å². The fraction of sp³-hybridized carbons (Fsp3) is 0.562. The zero-order valence-corrected chi connectivity index (χ0v) is 12.6. The highest BCUT2D eigenvalue weighted by Crippen LogP contribution is 2.48. The van der Waals surface area contributed by atoms with Crippen LogP contribution >= 0.6 is 0 Å². The van der Waals surface area contributed by atoms with Gasteiger partial charge in [-0.25, -0.2) is 4.79 Å². The molecule has 0 atom stereocenters. The molecule has 21 heavy (non-hydrogen) atoms. The molecule has 1 N–H and O–H groups in total. The third-order valence-corrected chi connectivity index (χ3v) is 4.77. The van der Waals surface area contributed by atoms with E-state index in [0.29, 0.717) is 16.9 Å². The maximum atomic E-state index is 12.3. The number of urea groups is 1. The van der Waals surface area contributed by atoms with E-state index < -0.39 is 0 Å². The molecule has 1 aliphatic heterocycles. The highest BCUT2D eigenvalue weighted by atomic mass is 16.5. The molecule has 1 saturated heterocycles. The van der Waals surface area contributed by atoms with Crippen LogP contribution in [0.4, 0.5) is 10.5 Å². The number of nitrogens with zero attached hydrogens (tertiary/aromatic N) is 1. The van der Waals surface area contributed by atoms with Gasteiger partial charge in [0.05, 0.1) is 14.2 Å². The molecule has 1 aromatic rings. The predicted octanol–water partition coefficient (Wildman–Crippen LogP) is 3.11. The maximum absolute atomic E-state index is 12.3. The van der Waals surface area contributed by atoms with Crippen molar-refractivity contribution in [3.8, 4) is 11.5 Å². The largest absolute Gasteiger partial charge is 0.493 e. The Labute approximate surface area is 125 Å². The highest BCUT2D eigenvalue weighted by Gasteiger charge is 2.44. The van der Waals surface area contributed by atoms with Crippen molar-refractivity contribution in [2.75, 3.05) is 32.6 Å². The Kier molecular flexibility index (Phi) is 3.66. The standard InChI is InChI=1S/C16H22N2O3/c1-20-13-5-4-12(10-14(13)21-2)17-15(19)18-9-8-16(11-18)6-3-7-16/h4-5,10H,3,6-9,11H2,1-2H3,(H,17,19). The summed E-state index contributed by atoms with van der Waals surface area (Å²) in [6, 6.07) is 5.39. The van der Waals surface area contributed by atoms with Crippen LogP contribution in [0.1, 0.15) is 25.7 Å². The van der Waals surface area contributed by atoms with Gasteiger partial charge in [-0.3, -0.25) is 0 Å². The molecule has 2 amide bonds.